The van der Waals surface area contributed by atoms with Crippen LogP contribution in [-0.2, 0) is 16.0 Å². The zero-order valence-corrected chi connectivity index (χ0v) is 11.1. The van der Waals surface area contributed by atoms with Crippen molar-refractivity contribution >= 4 is 11.9 Å². The fourth-order valence-corrected chi connectivity index (χ4v) is 1.73. The van der Waals surface area contributed by atoms with E-state index in [0.29, 0.717) is 5.56 Å². The van der Waals surface area contributed by atoms with Gasteiger partial charge in [-0.1, -0.05) is 32.0 Å². The maximum Gasteiger partial charge on any atom is 0.305 e. The van der Waals surface area contributed by atoms with E-state index < -0.39 is 12.0 Å². The Morgan fingerprint density at radius 2 is 1.89 bits per heavy atom. The number of amides is 1. The third kappa shape index (κ3) is 4.99. The number of benzene rings is 1. The van der Waals surface area contributed by atoms with E-state index in [-0.39, 0.29) is 30.4 Å². The Morgan fingerprint density at radius 1 is 1.26 bits per heavy atom. The molecule has 0 saturated carbocycles. The van der Waals surface area contributed by atoms with Gasteiger partial charge in [0.25, 0.3) is 0 Å². The highest BCUT2D eigenvalue weighted by Crippen LogP contribution is 2.16. The van der Waals surface area contributed by atoms with Gasteiger partial charge in [0.15, 0.2) is 0 Å². The predicted molar refractivity (Wildman–Crippen MR) is 70.8 cm³/mol. The van der Waals surface area contributed by atoms with Gasteiger partial charge in [0, 0.05) is 11.6 Å². The first kappa shape index (κ1) is 15.0. The van der Waals surface area contributed by atoms with E-state index in [9.17, 15) is 14.7 Å². The molecule has 1 unspecified atom stereocenters. The summed E-state index contributed by atoms with van der Waals surface area (Å²) in [6.07, 6.45) is -0.0698. The fraction of sp³-hybridized carbons (Fsp3) is 0.429. The van der Waals surface area contributed by atoms with Crippen LogP contribution in [0.4, 0.5) is 0 Å². The lowest BCUT2D eigenvalue weighted by Crippen LogP contribution is -2.40. The van der Waals surface area contributed by atoms with Crippen LogP contribution in [0.1, 0.15) is 25.8 Å². The number of carboxylic acid groups (broad SMARTS) is 1. The predicted octanol–water partition coefficient (Wildman–Crippen LogP) is 1.55. The molecule has 1 aromatic rings. The van der Waals surface area contributed by atoms with Gasteiger partial charge in [-0.25, -0.2) is 0 Å². The zero-order chi connectivity index (χ0) is 14.4. The number of hydrogen-bond donors (Lipinski definition) is 3. The summed E-state index contributed by atoms with van der Waals surface area (Å²) < 4.78 is 0. The van der Waals surface area contributed by atoms with E-state index in [1.54, 1.807) is 18.2 Å². The number of aliphatic carboxylic acids is 1. The average molecular weight is 265 g/mol. The van der Waals surface area contributed by atoms with Gasteiger partial charge in [-0.15, -0.1) is 0 Å². The van der Waals surface area contributed by atoms with Crippen LogP contribution in [0, 0.1) is 5.92 Å². The number of hydrogen-bond acceptors (Lipinski definition) is 3. The van der Waals surface area contributed by atoms with E-state index in [1.165, 1.54) is 6.07 Å². The van der Waals surface area contributed by atoms with Crippen LogP contribution in [0.5, 0.6) is 5.75 Å². The minimum atomic E-state index is -0.943. The summed E-state index contributed by atoms with van der Waals surface area (Å²) in [4.78, 5) is 22.6. The maximum absolute atomic E-state index is 11.8. The molecule has 5 nitrogen and oxygen atoms in total. The van der Waals surface area contributed by atoms with Crippen molar-refractivity contribution < 1.29 is 19.8 Å². The molecule has 1 aromatic carbocycles. The Morgan fingerprint density at radius 3 is 2.42 bits per heavy atom. The van der Waals surface area contributed by atoms with E-state index in [0.717, 1.165) is 0 Å². The summed E-state index contributed by atoms with van der Waals surface area (Å²) >= 11 is 0. The summed E-state index contributed by atoms with van der Waals surface area (Å²) in [6, 6.07) is 6.18. The molecule has 19 heavy (non-hydrogen) atoms. The van der Waals surface area contributed by atoms with Crippen molar-refractivity contribution in [3.05, 3.63) is 29.8 Å². The van der Waals surface area contributed by atoms with Crippen LogP contribution in [0.25, 0.3) is 0 Å². The van der Waals surface area contributed by atoms with Gasteiger partial charge in [-0.05, 0) is 12.0 Å². The Hall–Kier alpha value is -2.04. The SMILES string of the molecule is CC(C)C(CC(=O)O)NC(=O)Cc1ccccc1O. The van der Waals surface area contributed by atoms with E-state index in [4.69, 9.17) is 5.11 Å². The number of phenolic OH excluding ortho intramolecular Hbond substituents is 1. The summed E-state index contributed by atoms with van der Waals surface area (Å²) in [5, 5.41) is 21.1. The standard InChI is InChI=1S/C14H19NO4/c1-9(2)11(8-14(18)19)15-13(17)7-10-5-3-4-6-12(10)16/h3-6,9,11,16H,7-8H2,1-2H3,(H,15,17)(H,18,19). The fourth-order valence-electron chi connectivity index (χ4n) is 1.73. The molecule has 3 N–H and O–H groups in total. The van der Waals surface area contributed by atoms with Crippen molar-refractivity contribution in [1.82, 2.24) is 5.32 Å². The number of para-hydroxylation sites is 1. The van der Waals surface area contributed by atoms with Crippen molar-refractivity contribution in [2.24, 2.45) is 5.92 Å². The van der Waals surface area contributed by atoms with E-state index in [1.807, 2.05) is 13.8 Å². The third-order valence-corrected chi connectivity index (χ3v) is 2.89. The third-order valence-electron chi connectivity index (χ3n) is 2.89. The minimum Gasteiger partial charge on any atom is -0.508 e. The molecule has 0 radical (unpaired) electrons. The van der Waals surface area contributed by atoms with Crippen molar-refractivity contribution in [2.75, 3.05) is 0 Å². The molecule has 5 heteroatoms. The normalized spacial score (nSPS) is 12.2. The number of carbonyl (C=O) groups is 2. The largest absolute Gasteiger partial charge is 0.508 e. The number of phenols is 1. The Kier molecular flexibility index (Phi) is 5.36. The molecule has 0 aliphatic rings. The molecule has 0 aliphatic heterocycles. The molecule has 0 fully saturated rings. The van der Waals surface area contributed by atoms with E-state index >= 15 is 0 Å². The number of nitrogens with one attached hydrogen (secondary N) is 1. The highest BCUT2D eigenvalue weighted by Gasteiger charge is 2.19. The van der Waals surface area contributed by atoms with Crippen LogP contribution in [-0.4, -0.2) is 28.1 Å². The number of carbonyl (C=O) groups excluding carboxylic acids is 1. The molecule has 0 heterocycles. The first-order valence-corrected chi connectivity index (χ1v) is 6.18. The van der Waals surface area contributed by atoms with Crippen LogP contribution in [0.15, 0.2) is 24.3 Å². The Labute approximate surface area is 112 Å². The second-order valence-electron chi connectivity index (χ2n) is 4.82. The van der Waals surface area contributed by atoms with Gasteiger partial charge in [0.05, 0.1) is 12.8 Å². The molecule has 0 aromatic heterocycles. The topological polar surface area (TPSA) is 86.6 Å². The molecular weight excluding hydrogens is 246 g/mol. The quantitative estimate of drug-likeness (QED) is 0.728. The minimum absolute atomic E-state index is 0.0319. The molecule has 0 aliphatic carbocycles. The lowest BCUT2D eigenvalue weighted by Gasteiger charge is -2.20. The van der Waals surface area contributed by atoms with E-state index in [2.05, 4.69) is 5.32 Å². The van der Waals surface area contributed by atoms with Crippen LogP contribution in [0.3, 0.4) is 0 Å². The molecule has 104 valence electrons. The van der Waals surface area contributed by atoms with Gasteiger partial charge in [0.2, 0.25) is 5.91 Å². The molecule has 1 rings (SSSR count). The van der Waals surface area contributed by atoms with Gasteiger partial charge in [0.1, 0.15) is 5.75 Å². The number of rotatable bonds is 6. The second-order valence-corrected chi connectivity index (χ2v) is 4.82. The molecule has 0 bridgehead atoms. The lowest BCUT2D eigenvalue weighted by molar-refractivity contribution is -0.138. The van der Waals surface area contributed by atoms with Crippen LogP contribution >= 0.6 is 0 Å². The molecular formula is C14H19NO4. The highest BCUT2D eigenvalue weighted by atomic mass is 16.4. The van der Waals surface area contributed by atoms with Crippen molar-refractivity contribution in [1.29, 1.82) is 0 Å². The zero-order valence-electron chi connectivity index (χ0n) is 11.1. The first-order valence-electron chi connectivity index (χ1n) is 6.18. The Balaban J connectivity index is 2.63. The lowest BCUT2D eigenvalue weighted by atomic mass is 10.0. The second kappa shape index (κ2) is 6.78. The Bertz CT molecular complexity index is 457. The van der Waals surface area contributed by atoms with Gasteiger partial charge < -0.3 is 15.5 Å². The molecule has 0 saturated heterocycles. The number of carboxylic acids is 1. The van der Waals surface area contributed by atoms with Crippen LogP contribution in [0.2, 0.25) is 0 Å². The average Bonchev–Trinajstić information content (AvgIpc) is 2.30. The maximum atomic E-state index is 11.8. The van der Waals surface area contributed by atoms with Crippen molar-refractivity contribution in [2.45, 2.75) is 32.7 Å². The van der Waals surface area contributed by atoms with Gasteiger partial charge in [-0.2, -0.15) is 0 Å². The van der Waals surface area contributed by atoms with Gasteiger partial charge in [-0.3, -0.25) is 9.59 Å². The molecule has 1 amide bonds. The van der Waals surface area contributed by atoms with Crippen molar-refractivity contribution in [3.8, 4) is 5.75 Å². The molecule has 0 spiro atoms. The summed E-state index contributed by atoms with van der Waals surface area (Å²) in [6.45, 7) is 3.71. The first-order chi connectivity index (χ1) is 8.90. The monoisotopic (exact) mass is 265 g/mol. The summed E-state index contributed by atoms with van der Waals surface area (Å²) in [5.74, 6) is -1.13. The molecule has 1 atom stereocenters. The number of aromatic hydroxyl groups is 1. The summed E-state index contributed by atoms with van der Waals surface area (Å²) in [7, 11) is 0. The highest BCUT2D eigenvalue weighted by molar-refractivity contribution is 5.80. The summed E-state index contributed by atoms with van der Waals surface area (Å²) in [5.41, 5.74) is 0.526. The van der Waals surface area contributed by atoms with Gasteiger partial charge >= 0.3 is 5.97 Å². The van der Waals surface area contributed by atoms with Crippen LogP contribution < -0.4 is 5.32 Å². The smallest absolute Gasteiger partial charge is 0.305 e. The van der Waals surface area contributed by atoms with Crippen molar-refractivity contribution in [3.63, 3.8) is 0 Å².